The summed E-state index contributed by atoms with van der Waals surface area (Å²) in [5.41, 5.74) is -0.899. The van der Waals surface area contributed by atoms with Crippen LogP contribution in [0.2, 0.25) is 0 Å². The Morgan fingerprint density at radius 2 is 1.56 bits per heavy atom. The third kappa shape index (κ3) is 5.64. The van der Waals surface area contributed by atoms with Crippen LogP contribution in [0.3, 0.4) is 0 Å². The predicted molar refractivity (Wildman–Crippen MR) is 61.7 cm³/mol. The van der Waals surface area contributed by atoms with E-state index in [0.29, 0.717) is 12.8 Å². The van der Waals surface area contributed by atoms with E-state index in [4.69, 9.17) is 13.8 Å². The van der Waals surface area contributed by atoms with Crippen molar-refractivity contribution in [1.82, 2.24) is 0 Å². The molecule has 0 rings (SSSR count). The topological polar surface area (TPSA) is 61.8 Å². The first-order valence-electron chi connectivity index (χ1n) is 5.56. The average molecular weight is 252 g/mol. The summed E-state index contributed by atoms with van der Waals surface area (Å²) < 4.78 is 26.9. The number of hydrogen-bond acceptors (Lipinski definition) is 5. The molecule has 6 heteroatoms. The van der Waals surface area contributed by atoms with Crippen molar-refractivity contribution in [2.45, 2.75) is 46.6 Å². The lowest BCUT2D eigenvalue weighted by atomic mass is 10.5. The summed E-state index contributed by atoms with van der Waals surface area (Å²) in [4.78, 5) is 11.6. The van der Waals surface area contributed by atoms with E-state index in [1.807, 2.05) is 13.8 Å². The maximum Gasteiger partial charge on any atom is 0.438 e. The Kier molecular flexibility index (Phi) is 7.64. The van der Waals surface area contributed by atoms with Crippen molar-refractivity contribution in [3.63, 3.8) is 0 Å². The lowest BCUT2D eigenvalue weighted by Crippen LogP contribution is -2.14. The first-order valence-corrected chi connectivity index (χ1v) is 7.10. The van der Waals surface area contributed by atoms with Crippen molar-refractivity contribution in [2.75, 3.05) is 13.2 Å². The Labute approximate surface area is 97.0 Å². The number of carbonyl (C=O) groups excluding carboxylic acids is 1. The Hall–Kier alpha value is -0.380. The van der Waals surface area contributed by atoms with E-state index in [0.717, 1.165) is 0 Å². The number of rotatable bonds is 8. The van der Waals surface area contributed by atoms with Crippen LogP contribution < -0.4 is 0 Å². The van der Waals surface area contributed by atoms with Crippen LogP contribution in [0.1, 0.15) is 40.5 Å². The normalized spacial score (nSPS) is 11.8. The van der Waals surface area contributed by atoms with E-state index in [-0.39, 0.29) is 19.3 Å². The third-order valence-electron chi connectivity index (χ3n) is 1.49. The molecule has 0 aliphatic carbocycles. The van der Waals surface area contributed by atoms with Gasteiger partial charge in [-0.25, -0.2) is 9.36 Å². The molecule has 0 N–H and O–H groups in total. The second kappa shape index (κ2) is 7.82. The molecule has 0 heterocycles. The Morgan fingerprint density at radius 3 is 1.88 bits per heavy atom. The molecular formula is C10H21O5P. The van der Waals surface area contributed by atoms with E-state index in [1.165, 1.54) is 0 Å². The van der Waals surface area contributed by atoms with Gasteiger partial charge in [0, 0.05) is 0 Å². The maximum atomic E-state index is 12.0. The minimum atomic E-state index is -3.76. The molecule has 0 saturated heterocycles. The molecule has 0 amide bonds. The quantitative estimate of drug-likeness (QED) is 0.618. The van der Waals surface area contributed by atoms with E-state index in [1.54, 1.807) is 13.8 Å². The van der Waals surface area contributed by atoms with Gasteiger partial charge in [-0.05, 0) is 26.7 Å². The zero-order valence-electron chi connectivity index (χ0n) is 10.4. The first-order chi connectivity index (χ1) is 7.46. The van der Waals surface area contributed by atoms with Crippen molar-refractivity contribution in [1.29, 1.82) is 0 Å². The molecule has 0 aromatic heterocycles. The lowest BCUT2D eigenvalue weighted by molar-refractivity contribution is 0.120. The van der Waals surface area contributed by atoms with Crippen molar-refractivity contribution in [3.8, 4) is 0 Å². The molecule has 16 heavy (non-hydrogen) atoms. The highest BCUT2D eigenvalue weighted by Gasteiger charge is 2.37. The van der Waals surface area contributed by atoms with Gasteiger partial charge in [0.15, 0.2) is 0 Å². The molecular weight excluding hydrogens is 231 g/mol. The fourth-order valence-corrected chi connectivity index (χ4v) is 2.30. The lowest BCUT2D eigenvalue weighted by Gasteiger charge is -2.17. The number of ether oxygens (including phenoxy) is 1. The highest BCUT2D eigenvalue weighted by atomic mass is 31.2. The molecule has 0 fully saturated rings. The van der Waals surface area contributed by atoms with Crippen LogP contribution in [0.25, 0.3) is 0 Å². The van der Waals surface area contributed by atoms with Gasteiger partial charge >= 0.3 is 13.3 Å². The van der Waals surface area contributed by atoms with Crippen molar-refractivity contribution in [3.05, 3.63) is 0 Å². The van der Waals surface area contributed by atoms with Gasteiger partial charge in [-0.1, -0.05) is 13.8 Å². The molecule has 0 unspecified atom stereocenters. The second-order valence-electron chi connectivity index (χ2n) is 3.60. The molecule has 0 aromatic rings. The summed E-state index contributed by atoms with van der Waals surface area (Å²) >= 11 is 0. The first kappa shape index (κ1) is 15.6. The van der Waals surface area contributed by atoms with E-state index < -0.39 is 13.3 Å². The average Bonchev–Trinajstić information content (AvgIpc) is 2.22. The van der Waals surface area contributed by atoms with Crippen molar-refractivity contribution in [2.24, 2.45) is 0 Å². The summed E-state index contributed by atoms with van der Waals surface area (Å²) in [7, 11) is -3.76. The minimum Gasteiger partial charge on any atom is -0.454 e. The Morgan fingerprint density at radius 1 is 1.12 bits per heavy atom. The van der Waals surface area contributed by atoms with E-state index >= 15 is 0 Å². The van der Waals surface area contributed by atoms with Crippen LogP contribution in [0.5, 0.6) is 0 Å². The van der Waals surface area contributed by atoms with Crippen LogP contribution in [-0.4, -0.2) is 25.0 Å². The van der Waals surface area contributed by atoms with Crippen LogP contribution in [0, 0.1) is 0 Å². The fourth-order valence-electron chi connectivity index (χ4n) is 0.832. The van der Waals surface area contributed by atoms with Gasteiger partial charge in [-0.15, -0.1) is 0 Å². The van der Waals surface area contributed by atoms with Crippen LogP contribution >= 0.6 is 7.60 Å². The molecule has 5 nitrogen and oxygen atoms in total. The second-order valence-corrected chi connectivity index (χ2v) is 5.47. The SMILES string of the molecule is CCCOP(=O)(OCCC)C(=O)OC(C)C. The number of carbonyl (C=O) groups is 1. The van der Waals surface area contributed by atoms with Crippen LogP contribution in [0.15, 0.2) is 0 Å². The monoisotopic (exact) mass is 252 g/mol. The molecule has 0 radical (unpaired) electrons. The van der Waals surface area contributed by atoms with Gasteiger partial charge in [-0.3, -0.25) is 0 Å². The molecule has 0 aromatic carbocycles. The van der Waals surface area contributed by atoms with Crippen molar-refractivity contribution >= 4 is 13.3 Å². The summed E-state index contributed by atoms with van der Waals surface area (Å²) in [6.07, 6.45) is 0.986. The van der Waals surface area contributed by atoms with Gasteiger partial charge in [0.1, 0.15) is 0 Å². The molecule has 96 valence electrons. The zero-order valence-corrected chi connectivity index (χ0v) is 11.3. The smallest absolute Gasteiger partial charge is 0.438 e. The fraction of sp³-hybridized carbons (Fsp3) is 0.900. The zero-order chi connectivity index (χ0) is 12.6. The highest BCUT2D eigenvalue weighted by molar-refractivity contribution is 7.71. The summed E-state index contributed by atoms with van der Waals surface area (Å²) in [6, 6.07) is 0. The van der Waals surface area contributed by atoms with E-state index in [2.05, 4.69) is 0 Å². The van der Waals surface area contributed by atoms with Crippen LogP contribution in [0.4, 0.5) is 4.79 Å². The largest absolute Gasteiger partial charge is 0.454 e. The minimum absolute atomic E-state index is 0.216. The molecule has 0 bridgehead atoms. The summed E-state index contributed by atoms with van der Waals surface area (Å²) in [5.74, 6) is 0. The van der Waals surface area contributed by atoms with Gasteiger partial charge in [0.2, 0.25) is 0 Å². The summed E-state index contributed by atoms with van der Waals surface area (Å²) in [5, 5.41) is 0. The van der Waals surface area contributed by atoms with Gasteiger partial charge in [0.05, 0.1) is 19.3 Å². The third-order valence-corrected chi connectivity index (χ3v) is 3.09. The molecule has 0 spiro atoms. The van der Waals surface area contributed by atoms with Crippen molar-refractivity contribution < 1.29 is 23.1 Å². The predicted octanol–water partition coefficient (Wildman–Crippen LogP) is 3.58. The Balaban J connectivity index is 4.50. The number of hydrogen-bond donors (Lipinski definition) is 0. The van der Waals surface area contributed by atoms with Gasteiger partial charge < -0.3 is 13.8 Å². The maximum absolute atomic E-state index is 12.0. The molecule has 0 aliphatic rings. The highest BCUT2D eigenvalue weighted by Crippen LogP contribution is 2.50. The standard InChI is InChI=1S/C10H21O5P/c1-5-7-13-16(12,14-8-6-2)10(11)15-9(3)4/h9H,5-8H2,1-4H3. The van der Waals surface area contributed by atoms with Gasteiger partial charge in [0.25, 0.3) is 0 Å². The van der Waals surface area contributed by atoms with Gasteiger partial charge in [-0.2, -0.15) is 0 Å². The Bertz CT molecular complexity index is 240. The van der Waals surface area contributed by atoms with E-state index in [9.17, 15) is 9.36 Å². The molecule has 0 saturated carbocycles. The molecule has 0 aliphatic heterocycles. The summed E-state index contributed by atoms with van der Waals surface area (Å²) in [6.45, 7) is 7.52. The molecule has 0 atom stereocenters. The van der Waals surface area contributed by atoms with Crippen LogP contribution in [-0.2, 0) is 18.3 Å².